The number of nitrogens with one attached hydrogen (secondary N) is 1. The van der Waals surface area contributed by atoms with E-state index in [1.54, 1.807) is 29.2 Å². The minimum atomic E-state index is -3.98. The average Bonchev–Trinajstić information content (AvgIpc) is 2.95. The number of sulfonamides is 1. The van der Waals surface area contributed by atoms with Gasteiger partial charge in [-0.05, 0) is 66.6 Å². The molecule has 3 aromatic rings. The Bertz CT molecular complexity index is 1590. The molecule has 0 spiro atoms. The second-order valence-corrected chi connectivity index (χ2v) is 12.1. The van der Waals surface area contributed by atoms with E-state index in [2.05, 4.69) is 10.8 Å². The van der Waals surface area contributed by atoms with Crippen LogP contribution in [0.25, 0.3) is 17.2 Å². The fourth-order valence-corrected chi connectivity index (χ4v) is 5.96. The van der Waals surface area contributed by atoms with Gasteiger partial charge in [0, 0.05) is 25.1 Å². The number of amides is 2. The highest BCUT2D eigenvalue weighted by Crippen LogP contribution is 2.38. The fraction of sp³-hybridized carbons (Fsp3) is 0.290. The van der Waals surface area contributed by atoms with Crippen molar-refractivity contribution in [3.63, 3.8) is 0 Å². The number of piperidine rings is 1. The summed E-state index contributed by atoms with van der Waals surface area (Å²) in [6, 6.07) is 19.6. The van der Waals surface area contributed by atoms with Crippen LogP contribution in [-0.2, 0) is 19.6 Å². The van der Waals surface area contributed by atoms with Crippen molar-refractivity contribution in [2.45, 2.75) is 44.4 Å². The molecule has 213 valence electrons. The Kier molecular flexibility index (Phi) is 9.02. The van der Waals surface area contributed by atoms with Gasteiger partial charge >= 0.3 is 0 Å². The first-order chi connectivity index (χ1) is 19.5. The van der Waals surface area contributed by atoms with Crippen LogP contribution in [0.3, 0.4) is 0 Å². The first-order valence-electron chi connectivity index (χ1n) is 13.4. The predicted molar refractivity (Wildman–Crippen MR) is 156 cm³/mol. The van der Waals surface area contributed by atoms with E-state index in [9.17, 15) is 28.1 Å². The van der Waals surface area contributed by atoms with Crippen molar-refractivity contribution in [3.8, 4) is 11.1 Å². The molecule has 1 saturated heterocycles. The van der Waals surface area contributed by atoms with Crippen LogP contribution in [0.4, 0.5) is 5.69 Å². The Labute approximate surface area is 240 Å². The van der Waals surface area contributed by atoms with E-state index in [0.29, 0.717) is 29.5 Å². The van der Waals surface area contributed by atoms with Crippen LogP contribution in [0.5, 0.6) is 0 Å². The molecule has 41 heavy (non-hydrogen) atoms. The van der Waals surface area contributed by atoms with Crippen LogP contribution >= 0.6 is 0 Å². The molecule has 0 atom stereocenters. The van der Waals surface area contributed by atoms with Crippen LogP contribution in [0.15, 0.2) is 71.6 Å². The Hall–Kier alpha value is -4.31. The van der Waals surface area contributed by atoms with E-state index in [1.165, 1.54) is 24.3 Å². The van der Waals surface area contributed by atoms with Gasteiger partial charge in [0.25, 0.3) is 15.7 Å². The number of rotatable bonds is 8. The van der Waals surface area contributed by atoms with E-state index in [4.69, 9.17) is 0 Å². The number of aryl methyl sites for hydroxylation is 1. The zero-order chi connectivity index (χ0) is 29.7. The molecule has 1 radical (unpaired) electrons. The second-order valence-electron chi connectivity index (χ2n) is 10.4. The quantitative estimate of drug-likeness (QED) is 0.222. The summed E-state index contributed by atoms with van der Waals surface area (Å²) in [6.45, 7) is 6.41. The summed E-state index contributed by atoms with van der Waals surface area (Å²) < 4.78 is 27.3. The van der Waals surface area contributed by atoms with Gasteiger partial charge in [-0.2, -0.15) is 0 Å². The van der Waals surface area contributed by atoms with Crippen molar-refractivity contribution in [1.82, 2.24) is 9.62 Å². The van der Waals surface area contributed by atoms with Crippen molar-refractivity contribution < 1.29 is 22.9 Å². The SMILES string of the molecule is Cc1ccc(S(=O)(=O)NC(=O)C2CCN(C(=O)/C=C/c3cc[c]c([N+](=O)[O-])c3-c3ccccc3C(C)C)CC2)cc1. The third kappa shape index (κ3) is 6.89. The van der Waals surface area contributed by atoms with Crippen molar-refractivity contribution in [3.05, 3.63) is 99.6 Å². The molecule has 0 saturated carbocycles. The third-order valence-electron chi connectivity index (χ3n) is 7.19. The van der Waals surface area contributed by atoms with Gasteiger partial charge in [0.1, 0.15) is 0 Å². The molecule has 9 nitrogen and oxygen atoms in total. The molecule has 3 aromatic carbocycles. The lowest BCUT2D eigenvalue weighted by Gasteiger charge is -2.30. The van der Waals surface area contributed by atoms with Crippen molar-refractivity contribution in [2.75, 3.05) is 13.1 Å². The number of hydrogen-bond acceptors (Lipinski definition) is 6. The highest BCUT2D eigenvalue weighted by atomic mass is 32.2. The maximum absolute atomic E-state index is 13.0. The number of nitrogens with zero attached hydrogens (tertiary/aromatic N) is 2. The van der Waals surface area contributed by atoms with Gasteiger partial charge in [0.05, 0.1) is 21.4 Å². The molecule has 0 unspecified atom stereocenters. The summed E-state index contributed by atoms with van der Waals surface area (Å²) in [7, 11) is -3.98. The largest absolute Gasteiger partial charge is 0.339 e. The molecule has 10 heteroatoms. The van der Waals surface area contributed by atoms with E-state index in [1.807, 2.05) is 45.0 Å². The van der Waals surface area contributed by atoms with Gasteiger partial charge in [-0.1, -0.05) is 61.9 Å². The zero-order valence-corrected chi connectivity index (χ0v) is 24.0. The standard InChI is InChI=1S/C31H32N3O6S/c1-21(2)26-8-4-5-9-27(26)30-23(7-6-10-28(30)34(37)38)13-16-29(35)33-19-17-24(18-20-33)31(36)32-41(39,40)25-14-11-22(3)12-15-25/h4-9,11-16,21,24H,17-20H2,1-3H3,(H,32,36)/b16-13+. The van der Waals surface area contributed by atoms with Gasteiger partial charge in [0.15, 0.2) is 0 Å². The van der Waals surface area contributed by atoms with Gasteiger partial charge in [-0.15, -0.1) is 0 Å². The predicted octanol–water partition coefficient (Wildman–Crippen LogP) is 5.25. The molecule has 4 rings (SSSR count). The van der Waals surface area contributed by atoms with Crippen molar-refractivity contribution in [2.24, 2.45) is 5.92 Å². The summed E-state index contributed by atoms with van der Waals surface area (Å²) in [5.74, 6) is -1.31. The second kappa shape index (κ2) is 12.5. The molecule has 1 aliphatic heterocycles. The molecular weight excluding hydrogens is 542 g/mol. The monoisotopic (exact) mass is 574 g/mol. The topological polar surface area (TPSA) is 127 Å². The van der Waals surface area contributed by atoms with E-state index in [-0.39, 0.29) is 35.5 Å². The molecule has 0 bridgehead atoms. The number of nitro groups is 1. The number of carbonyl (C=O) groups excluding carboxylic acids is 2. The summed E-state index contributed by atoms with van der Waals surface area (Å²) in [6.07, 6.45) is 3.58. The van der Waals surface area contributed by atoms with Crippen molar-refractivity contribution in [1.29, 1.82) is 0 Å². The first-order valence-corrected chi connectivity index (χ1v) is 14.8. The van der Waals surface area contributed by atoms with Gasteiger partial charge in [0.2, 0.25) is 11.8 Å². The average molecular weight is 575 g/mol. The van der Waals surface area contributed by atoms with Gasteiger partial charge in [-0.25, -0.2) is 13.1 Å². The molecule has 1 aliphatic rings. The van der Waals surface area contributed by atoms with Crippen LogP contribution in [0.1, 0.15) is 49.3 Å². The molecule has 0 aliphatic carbocycles. The number of benzene rings is 3. The highest BCUT2D eigenvalue weighted by molar-refractivity contribution is 7.90. The molecule has 2 amide bonds. The van der Waals surface area contributed by atoms with Crippen molar-refractivity contribution >= 4 is 33.6 Å². The lowest BCUT2D eigenvalue weighted by Crippen LogP contribution is -2.43. The Morgan fingerprint density at radius 1 is 1.07 bits per heavy atom. The summed E-state index contributed by atoms with van der Waals surface area (Å²) in [5, 5.41) is 11.9. The van der Waals surface area contributed by atoms with E-state index in [0.717, 1.165) is 11.1 Å². The summed E-state index contributed by atoms with van der Waals surface area (Å²) in [5.41, 5.74) is 3.32. The Balaban J connectivity index is 1.46. The molecule has 0 aromatic heterocycles. The smallest absolute Gasteiger partial charge is 0.285 e. The zero-order valence-electron chi connectivity index (χ0n) is 23.2. The third-order valence-corrected chi connectivity index (χ3v) is 8.55. The normalized spacial score (nSPS) is 14.4. The number of nitro benzene ring substituents is 1. The fourth-order valence-electron chi connectivity index (χ4n) is 4.92. The number of carbonyl (C=O) groups is 2. The Morgan fingerprint density at radius 3 is 2.37 bits per heavy atom. The molecular formula is C31H32N3O6S. The minimum absolute atomic E-state index is 0.0170. The molecule has 1 N–H and O–H groups in total. The molecule has 1 fully saturated rings. The molecule has 1 heterocycles. The van der Waals surface area contributed by atoms with Crippen LogP contribution in [0.2, 0.25) is 0 Å². The minimum Gasteiger partial charge on any atom is -0.339 e. The van der Waals surface area contributed by atoms with E-state index >= 15 is 0 Å². The number of likely N-dealkylation sites (tertiary alicyclic amines) is 1. The van der Waals surface area contributed by atoms with Crippen LogP contribution < -0.4 is 4.72 Å². The Morgan fingerprint density at radius 2 is 1.73 bits per heavy atom. The van der Waals surface area contributed by atoms with Crippen LogP contribution in [0, 0.1) is 29.0 Å². The first kappa shape index (κ1) is 29.7. The van der Waals surface area contributed by atoms with E-state index < -0.39 is 26.8 Å². The summed E-state index contributed by atoms with van der Waals surface area (Å²) in [4.78, 5) is 38.8. The highest BCUT2D eigenvalue weighted by Gasteiger charge is 2.30. The number of hydrogen-bond donors (Lipinski definition) is 1. The lowest BCUT2D eigenvalue weighted by molar-refractivity contribution is -0.384. The van der Waals surface area contributed by atoms with Gasteiger partial charge < -0.3 is 4.90 Å². The van der Waals surface area contributed by atoms with Crippen LogP contribution in [-0.4, -0.2) is 43.1 Å². The maximum Gasteiger partial charge on any atom is 0.285 e. The maximum atomic E-state index is 13.0. The summed E-state index contributed by atoms with van der Waals surface area (Å²) >= 11 is 0. The lowest BCUT2D eigenvalue weighted by atomic mass is 9.89. The van der Waals surface area contributed by atoms with Gasteiger partial charge in [-0.3, -0.25) is 19.7 Å².